The van der Waals surface area contributed by atoms with Gasteiger partial charge in [-0.25, -0.2) is 0 Å². The number of nitrogens with zero attached hydrogens (tertiary/aromatic N) is 2. The minimum atomic E-state index is 0.141. The molecule has 0 atom stereocenters. The molecule has 1 aromatic heterocycles. The average Bonchev–Trinajstić information content (AvgIpc) is 2.78. The monoisotopic (exact) mass is 285 g/mol. The summed E-state index contributed by atoms with van der Waals surface area (Å²) in [6.45, 7) is 10.6. The Morgan fingerprint density at radius 1 is 1.14 bits per heavy atom. The molecule has 3 nitrogen and oxygen atoms in total. The Hall–Kier alpha value is -1.61. The number of benzene rings is 1. The summed E-state index contributed by atoms with van der Waals surface area (Å²) in [4.78, 5) is 0. The van der Waals surface area contributed by atoms with Gasteiger partial charge in [0, 0.05) is 29.9 Å². The zero-order valence-corrected chi connectivity index (χ0v) is 13.7. The van der Waals surface area contributed by atoms with Crippen molar-refractivity contribution in [3.8, 4) is 0 Å². The van der Waals surface area contributed by atoms with E-state index in [0.29, 0.717) is 0 Å². The van der Waals surface area contributed by atoms with Gasteiger partial charge >= 0.3 is 0 Å². The second-order valence-electron chi connectivity index (χ2n) is 6.67. The molecule has 1 N–H and O–H groups in total. The average molecular weight is 285 g/mol. The molecule has 0 aliphatic heterocycles. The number of nitrogens with one attached hydrogen (secondary N) is 1. The molecule has 3 heteroatoms. The molecule has 0 radical (unpaired) electrons. The Morgan fingerprint density at radius 3 is 2.52 bits per heavy atom. The van der Waals surface area contributed by atoms with Crippen LogP contribution >= 0.6 is 0 Å². The fourth-order valence-electron chi connectivity index (χ4n) is 2.32. The summed E-state index contributed by atoms with van der Waals surface area (Å²) in [5, 5.41) is 8.05. The van der Waals surface area contributed by atoms with E-state index in [4.69, 9.17) is 0 Å². The largest absolute Gasteiger partial charge is 0.308 e. The van der Waals surface area contributed by atoms with E-state index in [2.05, 4.69) is 73.1 Å². The minimum absolute atomic E-state index is 0.141. The van der Waals surface area contributed by atoms with Crippen LogP contribution in [0.2, 0.25) is 0 Å². The van der Waals surface area contributed by atoms with Gasteiger partial charge in [0.25, 0.3) is 0 Å². The normalized spacial score (nSPS) is 11.8. The standard InChI is InChI=1S/C18H27N3/c1-15-17(13-19-18(2,3)4)14-20-21(15)12-8-11-16-9-6-5-7-10-16/h5-7,9-10,14,19H,8,11-13H2,1-4H3. The van der Waals surface area contributed by atoms with E-state index in [-0.39, 0.29) is 5.54 Å². The third-order valence-corrected chi connectivity index (χ3v) is 3.69. The van der Waals surface area contributed by atoms with Crippen molar-refractivity contribution in [1.29, 1.82) is 0 Å². The first-order valence-electron chi connectivity index (χ1n) is 7.76. The molecule has 0 saturated heterocycles. The van der Waals surface area contributed by atoms with Crippen molar-refractivity contribution in [2.75, 3.05) is 0 Å². The molecule has 0 unspecified atom stereocenters. The minimum Gasteiger partial charge on any atom is -0.308 e. The van der Waals surface area contributed by atoms with Crippen molar-refractivity contribution < 1.29 is 0 Å². The molecule has 0 saturated carbocycles. The van der Waals surface area contributed by atoms with Crippen LogP contribution in [0.1, 0.15) is 44.0 Å². The van der Waals surface area contributed by atoms with Crippen molar-refractivity contribution in [3.63, 3.8) is 0 Å². The van der Waals surface area contributed by atoms with Gasteiger partial charge in [-0.05, 0) is 46.1 Å². The number of aromatic nitrogens is 2. The van der Waals surface area contributed by atoms with Crippen molar-refractivity contribution in [2.45, 2.75) is 59.2 Å². The van der Waals surface area contributed by atoms with Gasteiger partial charge in [0.05, 0.1) is 6.20 Å². The van der Waals surface area contributed by atoms with E-state index in [0.717, 1.165) is 25.9 Å². The first kappa shape index (κ1) is 15.8. The molecule has 114 valence electrons. The van der Waals surface area contributed by atoms with Crippen LogP contribution in [0, 0.1) is 6.92 Å². The van der Waals surface area contributed by atoms with E-state index in [9.17, 15) is 0 Å². The van der Waals surface area contributed by atoms with Crippen LogP contribution in [0.5, 0.6) is 0 Å². The van der Waals surface area contributed by atoms with Gasteiger partial charge in [0.15, 0.2) is 0 Å². The predicted molar refractivity (Wildman–Crippen MR) is 88.3 cm³/mol. The lowest BCUT2D eigenvalue weighted by atomic mass is 10.1. The molecule has 0 fully saturated rings. The van der Waals surface area contributed by atoms with Crippen molar-refractivity contribution in [2.24, 2.45) is 0 Å². The van der Waals surface area contributed by atoms with Gasteiger partial charge in [0.2, 0.25) is 0 Å². The molecule has 0 aliphatic rings. The Labute approximate surface area is 128 Å². The van der Waals surface area contributed by atoms with Gasteiger partial charge in [-0.3, -0.25) is 4.68 Å². The van der Waals surface area contributed by atoms with Crippen molar-refractivity contribution in [1.82, 2.24) is 15.1 Å². The fourth-order valence-corrected chi connectivity index (χ4v) is 2.32. The zero-order chi connectivity index (χ0) is 15.3. The quantitative estimate of drug-likeness (QED) is 0.877. The summed E-state index contributed by atoms with van der Waals surface area (Å²) < 4.78 is 2.13. The maximum absolute atomic E-state index is 4.52. The molecule has 2 rings (SSSR count). The zero-order valence-electron chi connectivity index (χ0n) is 13.7. The molecule has 0 spiro atoms. The topological polar surface area (TPSA) is 29.9 Å². The molecule has 2 aromatic rings. The molecule has 0 amide bonds. The van der Waals surface area contributed by atoms with Crippen LogP contribution in [-0.2, 0) is 19.5 Å². The van der Waals surface area contributed by atoms with Gasteiger partial charge in [-0.2, -0.15) is 5.10 Å². The molecule has 0 aliphatic carbocycles. The first-order chi connectivity index (χ1) is 9.96. The highest BCUT2D eigenvalue weighted by Crippen LogP contribution is 2.11. The highest BCUT2D eigenvalue weighted by Gasteiger charge is 2.11. The number of hydrogen-bond acceptors (Lipinski definition) is 2. The van der Waals surface area contributed by atoms with E-state index in [1.807, 2.05) is 6.20 Å². The summed E-state index contributed by atoms with van der Waals surface area (Å²) in [5.41, 5.74) is 4.11. The predicted octanol–water partition coefficient (Wildman–Crippen LogP) is 3.71. The third-order valence-electron chi connectivity index (χ3n) is 3.69. The molecular weight excluding hydrogens is 258 g/mol. The molecular formula is C18H27N3. The maximum atomic E-state index is 4.52. The Kier molecular flexibility index (Phi) is 5.18. The first-order valence-corrected chi connectivity index (χ1v) is 7.76. The van der Waals surface area contributed by atoms with Crippen LogP contribution in [0.25, 0.3) is 0 Å². The SMILES string of the molecule is Cc1c(CNC(C)(C)C)cnn1CCCc1ccccc1. The molecule has 1 aromatic carbocycles. The van der Waals surface area contributed by atoms with Crippen LogP contribution in [-0.4, -0.2) is 15.3 Å². The number of aryl methyl sites for hydroxylation is 2. The van der Waals surface area contributed by atoms with Crippen LogP contribution in [0.4, 0.5) is 0 Å². The fraction of sp³-hybridized carbons (Fsp3) is 0.500. The van der Waals surface area contributed by atoms with E-state index >= 15 is 0 Å². The van der Waals surface area contributed by atoms with Crippen molar-refractivity contribution >= 4 is 0 Å². The summed E-state index contributed by atoms with van der Waals surface area (Å²) >= 11 is 0. The Morgan fingerprint density at radius 2 is 1.86 bits per heavy atom. The van der Waals surface area contributed by atoms with E-state index in [1.54, 1.807) is 0 Å². The summed E-state index contributed by atoms with van der Waals surface area (Å²) in [5.74, 6) is 0. The summed E-state index contributed by atoms with van der Waals surface area (Å²) in [6.07, 6.45) is 4.23. The molecule has 0 bridgehead atoms. The van der Waals surface area contributed by atoms with Gasteiger partial charge < -0.3 is 5.32 Å². The number of rotatable bonds is 6. The number of hydrogen-bond donors (Lipinski definition) is 1. The van der Waals surface area contributed by atoms with Gasteiger partial charge in [-0.1, -0.05) is 30.3 Å². The van der Waals surface area contributed by atoms with Crippen LogP contribution in [0.3, 0.4) is 0 Å². The summed E-state index contributed by atoms with van der Waals surface area (Å²) in [7, 11) is 0. The van der Waals surface area contributed by atoms with Gasteiger partial charge in [0.1, 0.15) is 0 Å². The van der Waals surface area contributed by atoms with Crippen LogP contribution < -0.4 is 5.32 Å². The lowest BCUT2D eigenvalue weighted by Crippen LogP contribution is -2.35. The third kappa shape index (κ3) is 5.01. The Bertz CT molecular complexity index is 550. The van der Waals surface area contributed by atoms with Gasteiger partial charge in [-0.15, -0.1) is 0 Å². The molecule has 21 heavy (non-hydrogen) atoms. The lowest BCUT2D eigenvalue weighted by molar-refractivity contribution is 0.423. The van der Waals surface area contributed by atoms with E-state index < -0.39 is 0 Å². The van der Waals surface area contributed by atoms with Crippen molar-refractivity contribution in [3.05, 3.63) is 53.3 Å². The second-order valence-corrected chi connectivity index (χ2v) is 6.67. The van der Waals surface area contributed by atoms with Crippen LogP contribution in [0.15, 0.2) is 36.5 Å². The Balaban J connectivity index is 1.85. The molecule has 1 heterocycles. The smallest absolute Gasteiger partial charge is 0.0537 e. The summed E-state index contributed by atoms with van der Waals surface area (Å²) in [6, 6.07) is 10.6. The lowest BCUT2D eigenvalue weighted by Gasteiger charge is -2.20. The second kappa shape index (κ2) is 6.90. The van der Waals surface area contributed by atoms with E-state index in [1.165, 1.54) is 16.8 Å². The highest BCUT2D eigenvalue weighted by atomic mass is 15.3. The maximum Gasteiger partial charge on any atom is 0.0537 e. The highest BCUT2D eigenvalue weighted by molar-refractivity contribution is 5.17.